The first-order chi connectivity index (χ1) is 8.15. The number of hydrogen-bond donors (Lipinski definition) is 3. The molecule has 0 saturated carbocycles. The molecule has 4 N–H and O–H groups in total. The molecule has 0 aliphatic carbocycles. The van der Waals surface area contributed by atoms with Crippen LogP contribution in [0.2, 0.25) is 0 Å². The molecule has 1 amide bonds. The van der Waals surface area contributed by atoms with Crippen LogP contribution in [0.3, 0.4) is 0 Å². The smallest absolute Gasteiger partial charge is 0.256 e. The van der Waals surface area contributed by atoms with E-state index in [-0.39, 0.29) is 6.54 Å². The molecule has 1 atom stereocenters. The van der Waals surface area contributed by atoms with Gasteiger partial charge in [0.2, 0.25) is 0 Å². The van der Waals surface area contributed by atoms with E-state index in [1.165, 1.54) is 4.90 Å². The summed E-state index contributed by atoms with van der Waals surface area (Å²) in [6.07, 6.45) is 0.583. The van der Waals surface area contributed by atoms with Crippen molar-refractivity contribution in [2.45, 2.75) is 6.10 Å². The fraction of sp³-hybridized carbons (Fsp3) is 0.250. The highest BCUT2D eigenvalue weighted by molar-refractivity contribution is 6.04. The first kappa shape index (κ1) is 11.6. The topological polar surface area (TPSA) is 82.3 Å². The van der Waals surface area contributed by atoms with Crippen LogP contribution < -0.4 is 10.6 Å². The number of H-pyrrole nitrogens is 1. The van der Waals surface area contributed by atoms with E-state index in [2.05, 4.69) is 4.98 Å². The Morgan fingerprint density at radius 2 is 2.24 bits per heavy atom. The van der Waals surface area contributed by atoms with Crippen molar-refractivity contribution < 1.29 is 9.90 Å². The largest absolute Gasteiger partial charge is 0.382 e. The number of carbonyl (C=O) groups excluding carboxylic acids is 1. The highest BCUT2D eigenvalue weighted by Gasteiger charge is 2.20. The number of fused-ring (bicyclic) bond motifs is 1. The molecule has 5 heteroatoms. The summed E-state index contributed by atoms with van der Waals surface area (Å²) in [5.41, 5.74) is 6.95. The van der Waals surface area contributed by atoms with Crippen molar-refractivity contribution in [1.82, 2.24) is 4.98 Å². The number of nitrogens with zero attached hydrogens (tertiary/aromatic N) is 1. The first-order valence-electron chi connectivity index (χ1n) is 5.37. The van der Waals surface area contributed by atoms with Crippen LogP contribution in [0.1, 0.15) is 0 Å². The number of aliphatic hydroxyl groups is 1. The molecule has 0 radical (unpaired) electrons. The number of nitrogens with one attached hydrogen (secondary N) is 1. The number of para-hydroxylation sites is 1. The van der Waals surface area contributed by atoms with E-state index < -0.39 is 12.0 Å². The van der Waals surface area contributed by atoms with Gasteiger partial charge in [0.1, 0.15) is 6.10 Å². The van der Waals surface area contributed by atoms with Gasteiger partial charge < -0.3 is 20.7 Å². The standard InChI is InChI=1S/C12H15N3O2/c1-15(12(17)11(16)6-13)10-7-14-9-5-3-2-4-8(9)10/h2-5,7,11,14,16H,6,13H2,1H3. The zero-order valence-corrected chi connectivity index (χ0v) is 9.55. The molecule has 0 fully saturated rings. The molecule has 1 unspecified atom stereocenters. The molecule has 1 aromatic heterocycles. The van der Waals surface area contributed by atoms with Crippen LogP contribution in [0.25, 0.3) is 10.9 Å². The molecule has 1 aromatic carbocycles. The van der Waals surface area contributed by atoms with E-state index in [0.29, 0.717) is 0 Å². The summed E-state index contributed by atoms with van der Waals surface area (Å²) in [7, 11) is 1.62. The fourth-order valence-corrected chi connectivity index (χ4v) is 1.78. The van der Waals surface area contributed by atoms with E-state index in [0.717, 1.165) is 16.6 Å². The van der Waals surface area contributed by atoms with Gasteiger partial charge in [0.25, 0.3) is 5.91 Å². The number of aliphatic hydroxyl groups excluding tert-OH is 1. The molecule has 0 spiro atoms. The Labute approximate surface area is 98.8 Å². The quantitative estimate of drug-likeness (QED) is 0.720. The predicted octanol–water partition coefficient (Wildman–Crippen LogP) is 0.450. The van der Waals surface area contributed by atoms with Crippen LogP contribution >= 0.6 is 0 Å². The van der Waals surface area contributed by atoms with Crippen molar-refractivity contribution in [3.63, 3.8) is 0 Å². The van der Waals surface area contributed by atoms with E-state index in [1.54, 1.807) is 13.2 Å². The number of anilines is 1. The summed E-state index contributed by atoms with van der Waals surface area (Å²) in [6, 6.07) is 7.66. The molecule has 0 saturated heterocycles. The van der Waals surface area contributed by atoms with Crippen LogP contribution in [0, 0.1) is 0 Å². The molecular formula is C12H15N3O2. The molecule has 0 bridgehead atoms. The number of likely N-dealkylation sites (N-methyl/N-ethyl adjacent to an activating group) is 1. The van der Waals surface area contributed by atoms with Gasteiger partial charge in [-0.3, -0.25) is 4.79 Å². The molecule has 5 nitrogen and oxygen atoms in total. The second kappa shape index (κ2) is 4.57. The van der Waals surface area contributed by atoms with Crippen molar-refractivity contribution in [2.75, 3.05) is 18.5 Å². The number of aromatic nitrogens is 1. The summed E-state index contributed by atoms with van der Waals surface area (Å²) < 4.78 is 0. The number of rotatable bonds is 3. The number of aromatic amines is 1. The lowest BCUT2D eigenvalue weighted by Crippen LogP contribution is -2.40. The summed E-state index contributed by atoms with van der Waals surface area (Å²) in [5, 5.41) is 10.4. The van der Waals surface area contributed by atoms with E-state index in [9.17, 15) is 9.90 Å². The number of nitrogens with two attached hydrogens (primary N) is 1. The summed E-state index contributed by atoms with van der Waals surface area (Å²) in [6.45, 7) is -0.0778. The highest BCUT2D eigenvalue weighted by Crippen LogP contribution is 2.25. The molecule has 2 aromatic rings. The minimum atomic E-state index is -1.16. The maximum absolute atomic E-state index is 11.8. The van der Waals surface area contributed by atoms with E-state index >= 15 is 0 Å². The van der Waals surface area contributed by atoms with Crippen LogP contribution in [-0.2, 0) is 4.79 Å². The summed E-state index contributed by atoms with van der Waals surface area (Å²) in [5.74, 6) is -0.405. The van der Waals surface area contributed by atoms with Gasteiger partial charge >= 0.3 is 0 Å². The average molecular weight is 233 g/mol. The number of amides is 1. The van der Waals surface area contributed by atoms with Crippen LogP contribution in [0.15, 0.2) is 30.5 Å². The minimum Gasteiger partial charge on any atom is -0.382 e. The molecular weight excluding hydrogens is 218 g/mol. The van der Waals surface area contributed by atoms with Gasteiger partial charge in [0, 0.05) is 30.7 Å². The third kappa shape index (κ3) is 2.02. The molecule has 90 valence electrons. The minimum absolute atomic E-state index is 0.0778. The Kier molecular flexibility index (Phi) is 3.12. The van der Waals surface area contributed by atoms with E-state index in [4.69, 9.17) is 5.73 Å². The zero-order valence-electron chi connectivity index (χ0n) is 9.55. The Balaban J connectivity index is 2.37. The zero-order chi connectivity index (χ0) is 12.4. The van der Waals surface area contributed by atoms with Gasteiger partial charge in [-0.05, 0) is 6.07 Å². The molecule has 0 aliphatic heterocycles. The molecule has 17 heavy (non-hydrogen) atoms. The van der Waals surface area contributed by atoms with Gasteiger partial charge in [-0.1, -0.05) is 18.2 Å². The van der Waals surface area contributed by atoms with Gasteiger partial charge in [-0.25, -0.2) is 0 Å². The van der Waals surface area contributed by atoms with Crippen molar-refractivity contribution >= 4 is 22.5 Å². The highest BCUT2D eigenvalue weighted by atomic mass is 16.3. The average Bonchev–Trinajstić information content (AvgIpc) is 2.79. The maximum atomic E-state index is 11.8. The lowest BCUT2D eigenvalue weighted by molar-refractivity contribution is -0.125. The first-order valence-corrected chi connectivity index (χ1v) is 5.37. The Morgan fingerprint density at radius 3 is 2.94 bits per heavy atom. The van der Waals surface area contributed by atoms with E-state index in [1.807, 2.05) is 24.3 Å². The monoisotopic (exact) mass is 233 g/mol. The Hall–Kier alpha value is -1.85. The molecule has 1 heterocycles. The van der Waals surface area contributed by atoms with Gasteiger partial charge in [-0.15, -0.1) is 0 Å². The van der Waals surface area contributed by atoms with Crippen LogP contribution in [-0.4, -0.2) is 35.7 Å². The number of hydrogen-bond acceptors (Lipinski definition) is 3. The van der Waals surface area contributed by atoms with Gasteiger partial charge in [-0.2, -0.15) is 0 Å². The Bertz CT molecular complexity index is 535. The maximum Gasteiger partial charge on any atom is 0.256 e. The fourth-order valence-electron chi connectivity index (χ4n) is 1.78. The van der Waals surface area contributed by atoms with Crippen LogP contribution in [0.5, 0.6) is 0 Å². The Morgan fingerprint density at radius 1 is 1.53 bits per heavy atom. The van der Waals surface area contributed by atoms with Gasteiger partial charge in [0.05, 0.1) is 5.69 Å². The van der Waals surface area contributed by atoms with Crippen LogP contribution in [0.4, 0.5) is 5.69 Å². The molecule has 2 rings (SSSR count). The SMILES string of the molecule is CN(C(=O)C(O)CN)c1c[nH]c2ccccc12. The summed E-state index contributed by atoms with van der Waals surface area (Å²) in [4.78, 5) is 16.3. The summed E-state index contributed by atoms with van der Waals surface area (Å²) >= 11 is 0. The normalized spacial score (nSPS) is 12.6. The number of benzene rings is 1. The van der Waals surface area contributed by atoms with Crippen molar-refractivity contribution in [1.29, 1.82) is 0 Å². The second-order valence-electron chi connectivity index (χ2n) is 3.87. The second-order valence-corrected chi connectivity index (χ2v) is 3.87. The molecule has 0 aliphatic rings. The lowest BCUT2D eigenvalue weighted by Gasteiger charge is -2.19. The van der Waals surface area contributed by atoms with Crippen molar-refractivity contribution in [3.05, 3.63) is 30.5 Å². The van der Waals surface area contributed by atoms with Gasteiger partial charge in [0.15, 0.2) is 0 Å². The van der Waals surface area contributed by atoms with Crippen molar-refractivity contribution in [2.24, 2.45) is 5.73 Å². The van der Waals surface area contributed by atoms with Crippen molar-refractivity contribution in [3.8, 4) is 0 Å². The predicted molar refractivity (Wildman–Crippen MR) is 66.8 cm³/mol. The third-order valence-corrected chi connectivity index (χ3v) is 2.77. The lowest BCUT2D eigenvalue weighted by atomic mass is 10.2. The number of carbonyl (C=O) groups is 1. The third-order valence-electron chi connectivity index (χ3n) is 2.77.